The summed E-state index contributed by atoms with van der Waals surface area (Å²) >= 11 is 0. The molecule has 1 atom stereocenters. The van der Waals surface area contributed by atoms with E-state index in [-0.39, 0.29) is 17.2 Å². The third-order valence-electron chi connectivity index (χ3n) is 3.90. The van der Waals surface area contributed by atoms with Gasteiger partial charge in [-0.3, -0.25) is 9.36 Å². The first-order valence-corrected chi connectivity index (χ1v) is 6.56. The van der Waals surface area contributed by atoms with Crippen LogP contribution in [0.3, 0.4) is 0 Å². The molecule has 0 saturated heterocycles. The molecule has 1 aromatic heterocycles. The number of nitrogens with zero attached hydrogens (tertiary/aromatic N) is 1. The predicted octanol–water partition coefficient (Wildman–Crippen LogP) is 2.37. The molecule has 0 saturated carbocycles. The molecule has 1 aromatic carbocycles. The van der Waals surface area contributed by atoms with Crippen LogP contribution in [0.15, 0.2) is 24.3 Å². The van der Waals surface area contributed by atoms with Crippen LogP contribution in [0, 0.1) is 0 Å². The third kappa shape index (κ3) is 1.67. The molecule has 3 rings (SSSR count). The number of rotatable bonds is 1. The van der Waals surface area contributed by atoms with Crippen molar-refractivity contribution >= 4 is 22.8 Å². The summed E-state index contributed by atoms with van der Waals surface area (Å²) in [7, 11) is 0. The van der Waals surface area contributed by atoms with E-state index in [4.69, 9.17) is 0 Å². The number of carbonyl (C=O) groups is 2. The summed E-state index contributed by atoms with van der Waals surface area (Å²) in [6.07, 6.45) is 1.22. The Morgan fingerprint density at radius 3 is 2.75 bits per heavy atom. The van der Waals surface area contributed by atoms with Crippen molar-refractivity contribution in [3.63, 3.8) is 0 Å². The van der Waals surface area contributed by atoms with Crippen molar-refractivity contribution in [1.29, 1.82) is 0 Å². The lowest BCUT2D eigenvalue weighted by Gasteiger charge is -2.22. The molecule has 0 aliphatic carbocycles. The predicted molar refractivity (Wildman–Crippen MR) is 72.9 cm³/mol. The van der Waals surface area contributed by atoms with E-state index in [1.54, 1.807) is 31.2 Å². The zero-order valence-electron chi connectivity index (χ0n) is 11.1. The zero-order valence-corrected chi connectivity index (χ0v) is 11.1. The van der Waals surface area contributed by atoms with E-state index in [0.29, 0.717) is 30.2 Å². The second-order valence-electron chi connectivity index (χ2n) is 5.40. The first-order valence-electron chi connectivity index (χ1n) is 6.56. The Balaban J connectivity index is 2.51. The number of para-hydroxylation sites is 1. The molecule has 0 unspecified atom stereocenters. The first kappa shape index (κ1) is 12.9. The fraction of sp³-hybridized carbons (Fsp3) is 0.333. The van der Waals surface area contributed by atoms with E-state index < -0.39 is 11.6 Å². The second-order valence-corrected chi connectivity index (χ2v) is 5.40. The van der Waals surface area contributed by atoms with Crippen LogP contribution >= 0.6 is 0 Å². The van der Waals surface area contributed by atoms with Gasteiger partial charge in [-0.1, -0.05) is 18.2 Å². The quantitative estimate of drug-likeness (QED) is 0.836. The number of fused-ring (bicyclic) bond motifs is 3. The molecule has 0 bridgehead atoms. The lowest BCUT2D eigenvalue weighted by Crippen LogP contribution is -2.27. The SMILES string of the molecule is C[C@]1(O)CCCC(=O)n2c1c(C(=O)O)c1ccccc12. The van der Waals surface area contributed by atoms with Crippen LogP contribution in [0.2, 0.25) is 0 Å². The van der Waals surface area contributed by atoms with Gasteiger partial charge in [0.2, 0.25) is 5.91 Å². The van der Waals surface area contributed by atoms with E-state index in [9.17, 15) is 19.8 Å². The van der Waals surface area contributed by atoms with Gasteiger partial charge in [0.25, 0.3) is 0 Å². The van der Waals surface area contributed by atoms with Crippen molar-refractivity contribution in [3.8, 4) is 0 Å². The molecular weight excluding hydrogens is 258 g/mol. The molecule has 2 aromatic rings. The highest BCUT2D eigenvalue weighted by atomic mass is 16.4. The van der Waals surface area contributed by atoms with Crippen LogP contribution in [0.4, 0.5) is 0 Å². The zero-order chi connectivity index (χ0) is 14.5. The Kier molecular flexibility index (Phi) is 2.69. The van der Waals surface area contributed by atoms with Gasteiger partial charge in [-0.2, -0.15) is 0 Å². The molecule has 5 heteroatoms. The van der Waals surface area contributed by atoms with Crippen molar-refractivity contribution < 1.29 is 19.8 Å². The van der Waals surface area contributed by atoms with Crippen LogP contribution in [0.5, 0.6) is 0 Å². The maximum Gasteiger partial charge on any atom is 0.338 e. The highest BCUT2D eigenvalue weighted by molar-refractivity contribution is 6.08. The molecule has 0 spiro atoms. The molecule has 1 aliphatic heterocycles. The largest absolute Gasteiger partial charge is 0.478 e. The molecule has 2 heterocycles. The number of aromatic carboxylic acids is 1. The minimum atomic E-state index is -1.32. The van der Waals surface area contributed by atoms with E-state index in [2.05, 4.69) is 0 Å². The molecule has 0 radical (unpaired) electrons. The summed E-state index contributed by atoms with van der Waals surface area (Å²) in [5.41, 5.74) is -0.541. The molecule has 5 nitrogen and oxygen atoms in total. The minimum absolute atomic E-state index is 0.0286. The van der Waals surface area contributed by atoms with Gasteiger partial charge in [0.1, 0.15) is 5.60 Å². The number of hydrogen-bond donors (Lipinski definition) is 2. The Morgan fingerprint density at radius 2 is 2.05 bits per heavy atom. The van der Waals surface area contributed by atoms with E-state index >= 15 is 0 Å². The average molecular weight is 273 g/mol. The van der Waals surface area contributed by atoms with Crippen LogP contribution in [0.25, 0.3) is 10.9 Å². The highest BCUT2D eigenvalue weighted by Crippen LogP contribution is 2.38. The number of carboxylic acids is 1. The van der Waals surface area contributed by atoms with Gasteiger partial charge in [0, 0.05) is 11.8 Å². The summed E-state index contributed by atoms with van der Waals surface area (Å²) in [5.74, 6) is -1.29. The van der Waals surface area contributed by atoms with Crippen molar-refractivity contribution in [3.05, 3.63) is 35.5 Å². The second kappa shape index (κ2) is 4.18. The molecule has 104 valence electrons. The summed E-state index contributed by atoms with van der Waals surface area (Å²) in [4.78, 5) is 23.9. The van der Waals surface area contributed by atoms with Crippen LogP contribution < -0.4 is 0 Å². The summed E-state index contributed by atoms with van der Waals surface area (Å²) in [6, 6.07) is 6.87. The van der Waals surface area contributed by atoms with Gasteiger partial charge in [0.05, 0.1) is 16.8 Å². The molecule has 20 heavy (non-hydrogen) atoms. The molecule has 2 N–H and O–H groups in total. The lowest BCUT2D eigenvalue weighted by atomic mass is 9.93. The van der Waals surface area contributed by atoms with Gasteiger partial charge in [-0.05, 0) is 25.8 Å². The average Bonchev–Trinajstić information content (AvgIpc) is 2.68. The van der Waals surface area contributed by atoms with E-state index in [1.165, 1.54) is 4.57 Å². The number of aliphatic hydroxyl groups is 1. The summed E-state index contributed by atoms with van der Waals surface area (Å²) in [6.45, 7) is 1.57. The standard InChI is InChI=1S/C15H15NO4/c1-15(20)8-4-7-11(17)16-10-6-3-2-5-9(10)12(13(15)16)14(18)19/h2-3,5-6,20H,4,7-8H2,1H3,(H,18,19)/t15-/m0/s1. The maximum absolute atomic E-state index is 12.3. The summed E-state index contributed by atoms with van der Waals surface area (Å²) < 4.78 is 1.38. The van der Waals surface area contributed by atoms with Gasteiger partial charge in [-0.25, -0.2) is 4.79 Å². The lowest BCUT2D eigenvalue weighted by molar-refractivity contribution is 0.0394. The normalized spacial score (nSPS) is 22.6. The number of hydrogen-bond acceptors (Lipinski definition) is 3. The van der Waals surface area contributed by atoms with Crippen molar-refractivity contribution in [2.24, 2.45) is 0 Å². The fourth-order valence-electron chi connectivity index (χ4n) is 3.04. The summed E-state index contributed by atoms with van der Waals surface area (Å²) in [5, 5.41) is 20.6. The highest BCUT2D eigenvalue weighted by Gasteiger charge is 2.38. The monoisotopic (exact) mass is 273 g/mol. The topological polar surface area (TPSA) is 79.5 Å². The molecule has 0 amide bonds. The van der Waals surface area contributed by atoms with E-state index in [1.807, 2.05) is 0 Å². The number of aromatic nitrogens is 1. The van der Waals surface area contributed by atoms with Crippen molar-refractivity contribution in [1.82, 2.24) is 4.57 Å². The third-order valence-corrected chi connectivity index (χ3v) is 3.90. The van der Waals surface area contributed by atoms with Crippen molar-refractivity contribution in [2.45, 2.75) is 31.8 Å². The smallest absolute Gasteiger partial charge is 0.338 e. The molecule has 1 aliphatic rings. The number of carboxylic acid groups (broad SMARTS) is 1. The molecular formula is C15H15NO4. The van der Waals surface area contributed by atoms with Gasteiger partial charge < -0.3 is 10.2 Å². The van der Waals surface area contributed by atoms with Gasteiger partial charge in [0.15, 0.2) is 0 Å². The Hall–Kier alpha value is -2.14. The van der Waals surface area contributed by atoms with Crippen LogP contribution in [-0.2, 0) is 5.60 Å². The van der Waals surface area contributed by atoms with Gasteiger partial charge >= 0.3 is 5.97 Å². The maximum atomic E-state index is 12.3. The fourth-order valence-corrected chi connectivity index (χ4v) is 3.04. The Bertz CT molecular complexity index is 727. The Morgan fingerprint density at radius 1 is 1.35 bits per heavy atom. The number of carbonyl (C=O) groups excluding carboxylic acids is 1. The Labute approximate surface area is 115 Å². The van der Waals surface area contributed by atoms with Crippen molar-refractivity contribution in [2.75, 3.05) is 0 Å². The first-order chi connectivity index (χ1) is 9.43. The number of benzene rings is 1. The van der Waals surface area contributed by atoms with E-state index in [0.717, 1.165) is 0 Å². The van der Waals surface area contributed by atoms with Crippen LogP contribution in [-0.4, -0.2) is 26.7 Å². The minimum Gasteiger partial charge on any atom is -0.478 e. The molecule has 0 fully saturated rings. The van der Waals surface area contributed by atoms with Gasteiger partial charge in [-0.15, -0.1) is 0 Å². The van der Waals surface area contributed by atoms with Crippen LogP contribution in [0.1, 0.15) is 47.0 Å².